The minimum absolute atomic E-state index is 0.307. The molecule has 0 spiro atoms. The molecule has 4 nitrogen and oxygen atoms in total. The number of carbonyl (C=O) groups excluding carboxylic acids is 1. The number of fused-ring (bicyclic) bond motifs is 1. The zero-order chi connectivity index (χ0) is 13.1. The number of rotatable bonds is 5. The van der Waals surface area contributed by atoms with E-state index in [1.54, 1.807) is 0 Å². The number of nitrogens with two attached hydrogens (primary N) is 1. The summed E-state index contributed by atoms with van der Waals surface area (Å²) in [6.45, 7) is 0.630. The Bertz CT molecular complexity index is 580. The van der Waals surface area contributed by atoms with Crippen molar-refractivity contribution in [1.82, 2.24) is 9.55 Å². The Morgan fingerprint density at radius 3 is 2.89 bits per heavy atom. The highest BCUT2D eigenvalue weighted by Gasteiger charge is 2.12. The second-order valence-corrected chi connectivity index (χ2v) is 4.67. The number of alkyl halides is 1. The fraction of sp³-hybridized carbons (Fsp3) is 0.333. The van der Waals surface area contributed by atoms with Crippen molar-refractivity contribution in [3.05, 3.63) is 29.0 Å². The van der Waals surface area contributed by atoms with Gasteiger partial charge in [0.05, 0.1) is 21.9 Å². The van der Waals surface area contributed by atoms with Gasteiger partial charge in [-0.1, -0.05) is 17.7 Å². The summed E-state index contributed by atoms with van der Waals surface area (Å²) in [5.74, 6) is 0.754. The van der Waals surface area contributed by atoms with Gasteiger partial charge in [-0.05, 0) is 18.6 Å². The quantitative estimate of drug-likeness (QED) is 0.859. The maximum Gasteiger partial charge on any atom is 0.217 e. The van der Waals surface area contributed by atoms with E-state index in [2.05, 4.69) is 4.98 Å². The van der Waals surface area contributed by atoms with Crippen LogP contribution in [0.5, 0.6) is 0 Å². The largest absolute Gasteiger partial charge is 0.370 e. The van der Waals surface area contributed by atoms with Gasteiger partial charge < -0.3 is 10.3 Å². The molecule has 18 heavy (non-hydrogen) atoms. The van der Waals surface area contributed by atoms with Crippen molar-refractivity contribution in [2.24, 2.45) is 5.73 Å². The number of amides is 1. The Labute approximate surface area is 115 Å². The van der Waals surface area contributed by atoms with Gasteiger partial charge in [-0.3, -0.25) is 4.79 Å². The van der Waals surface area contributed by atoms with Crippen LogP contribution in [0.1, 0.15) is 18.7 Å². The third-order valence-electron chi connectivity index (χ3n) is 2.72. The molecule has 2 rings (SSSR count). The second kappa shape index (κ2) is 5.59. The van der Waals surface area contributed by atoms with Crippen LogP contribution in [0.15, 0.2) is 18.2 Å². The number of imidazole rings is 1. The number of hydrogen-bond acceptors (Lipinski definition) is 2. The molecule has 0 bridgehead atoms. The summed E-state index contributed by atoms with van der Waals surface area (Å²) in [6, 6.07) is 5.55. The molecule has 0 aliphatic rings. The van der Waals surface area contributed by atoms with Crippen molar-refractivity contribution in [2.75, 3.05) is 0 Å². The van der Waals surface area contributed by atoms with E-state index in [1.165, 1.54) is 0 Å². The zero-order valence-electron chi connectivity index (χ0n) is 9.70. The number of benzene rings is 1. The van der Waals surface area contributed by atoms with E-state index in [1.807, 2.05) is 22.8 Å². The topological polar surface area (TPSA) is 60.9 Å². The molecule has 6 heteroatoms. The third-order valence-corrected chi connectivity index (χ3v) is 3.26. The molecule has 0 unspecified atom stereocenters. The molecule has 1 heterocycles. The SMILES string of the molecule is NC(=O)CCCn1c(CCl)nc2cccc(Cl)c21. The molecular weight excluding hydrogens is 273 g/mol. The number of aromatic nitrogens is 2. The van der Waals surface area contributed by atoms with Crippen LogP contribution in [0.4, 0.5) is 0 Å². The van der Waals surface area contributed by atoms with Crippen molar-refractivity contribution in [3.8, 4) is 0 Å². The van der Waals surface area contributed by atoms with Gasteiger partial charge in [-0.2, -0.15) is 0 Å². The van der Waals surface area contributed by atoms with Gasteiger partial charge in [0.15, 0.2) is 0 Å². The van der Waals surface area contributed by atoms with Gasteiger partial charge in [-0.15, -0.1) is 11.6 Å². The minimum atomic E-state index is -0.307. The van der Waals surface area contributed by atoms with Crippen molar-refractivity contribution < 1.29 is 4.79 Å². The standard InChI is InChI=1S/C12H13Cl2N3O/c13-7-11-16-9-4-1-3-8(14)12(9)17(11)6-2-5-10(15)18/h1,3-4H,2,5-7H2,(H2,15,18). The van der Waals surface area contributed by atoms with E-state index >= 15 is 0 Å². The van der Waals surface area contributed by atoms with Crippen LogP contribution in [0.3, 0.4) is 0 Å². The van der Waals surface area contributed by atoms with Crippen molar-refractivity contribution in [2.45, 2.75) is 25.3 Å². The van der Waals surface area contributed by atoms with Gasteiger partial charge in [0.25, 0.3) is 0 Å². The van der Waals surface area contributed by atoms with Crippen LogP contribution in [-0.2, 0) is 17.2 Å². The van der Waals surface area contributed by atoms with Crippen LogP contribution >= 0.6 is 23.2 Å². The number of primary amides is 1. The Morgan fingerprint density at radius 1 is 1.44 bits per heavy atom. The maximum atomic E-state index is 10.8. The first-order valence-electron chi connectivity index (χ1n) is 5.61. The number of halogens is 2. The molecule has 0 aliphatic heterocycles. The summed E-state index contributed by atoms with van der Waals surface area (Å²) in [5.41, 5.74) is 6.81. The molecule has 2 N–H and O–H groups in total. The molecule has 1 aromatic heterocycles. The molecule has 0 saturated carbocycles. The summed E-state index contributed by atoms with van der Waals surface area (Å²) in [7, 11) is 0. The molecule has 0 atom stereocenters. The van der Waals surface area contributed by atoms with Gasteiger partial charge in [-0.25, -0.2) is 4.98 Å². The molecule has 0 fully saturated rings. The molecule has 0 radical (unpaired) electrons. The normalized spacial score (nSPS) is 11.0. The van der Waals surface area contributed by atoms with Crippen molar-refractivity contribution >= 4 is 40.1 Å². The molecule has 2 aromatic rings. The molecule has 1 amide bonds. The fourth-order valence-electron chi connectivity index (χ4n) is 1.94. The van der Waals surface area contributed by atoms with Crippen LogP contribution < -0.4 is 5.73 Å². The lowest BCUT2D eigenvalue weighted by Gasteiger charge is -2.07. The number of para-hydroxylation sites is 1. The van der Waals surface area contributed by atoms with Crippen LogP contribution in [0.25, 0.3) is 11.0 Å². The average Bonchev–Trinajstić information content (AvgIpc) is 2.68. The first kappa shape index (κ1) is 13.2. The highest BCUT2D eigenvalue weighted by atomic mass is 35.5. The van der Waals surface area contributed by atoms with E-state index in [0.717, 1.165) is 16.9 Å². The van der Waals surface area contributed by atoms with Crippen molar-refractivity contribution in [3.63, 3.8) is 0 Å². The molecular formula is C12H13Cl2N3O. The monoisotopic (exact) mass is 285 g/mol. The fourth-order valence-corrected chi connectivity index (χ4v) is 2.42. The Hall–Kier alpha value is -1.26. The maximum absolute atomic E-state index is 10.8. The predicted molar refractivity (Wildman–Crippen MR) is 72.7 cm³/mol. The van der Waals surface area contributed by atoms with E-state index in [0.29, 0.717) is 30.3 Å². The Kier molecular flexibility index (Phi) is 4.09. The van der Waals surface area contributed by atoms with Gasteiger partial charge in [0.1, 0.15) is 5.82 Å². The Morgan fingerprint density at radius 2 is 2.22 bits per heavy atom. The Balaban J connectivity index is 2.37. The first-order valence-corrected chi connectivity index (χ1v) is 6.52. The van der Waals surface area contributed by atoms with Crippen LogP contribution in [0, 0.1) is 0 Å². The molecule has 0 saturated heterocycles. The van der Waals surface area contributed by atoms with E-state index < -0.39 is 0 Å². The lowest BCUT2D eigenvalue weighted by molar-refractivity contribution is -0.118. The number of hydrogen-bond donors (Lipinski definition) is 1. The van der Waals surface area contributed by atoms with E-state index in [-0.39, 0.29) is 5.91 Å². The zero-order valence-corrected chi connectivity index (χ0v) is 11.2. The average molecular weight is 286 g/mol. The molecule has 96 valence electrons. The van der Waals surface area contributed by atoms with E-state index in [4.69, 9.17) is 28.9 Å². The van der Waals surface area contributed by atoms with Gasteiger partial charge in [0, 0.05) is 13.0 Å². The second-order valence-electron chi connectivity index (χ2n) is 3.99. The van der Waals surface area contributed by atoms with Crippen LogP contribution in [0.2, 0.25) is 5.02 Å². The summed E-state index contributed by atoms with van der Waals surface area (Å²) < 4.78 is 1.95. The lowest BCUT2D eigenvalue weighted by atomic mass is 10.2. The molecule has 0 aliphatic carbocycles. The summed E-state index contributed by atoms with van der Waals surface area (Å²) in [6.07, 6.45) is 0.988. The smallest absolute Gasteiger partial charge is 0.217 e. The summed E-state index contributed by atoms with van der Waals surface area (Å²) in [5, 5.41) is 0.635. The van der Waals surface area contributed by atoms with Gasteiger partial charge >= 0.3 is 0 Å². The summed E-state index contributed by atoms with van der Waals surface area (Å²) in [4.78, 5) is 15.2. The predicted octanol–water partition coefficient (Wildman–Crippen LogP) is 2.69. The number of carbonyl (C=O) groups is 1. The summed E-state index contributed by atoms with van der Waals surface area (Å²) >= 11 is 12.1. The molecule has 1 aromatic carbocycles. The van der Waals surface area contributed by atoms with Gasteiger partial charge in [0.2, 0.25) is 5.91 Å². The van der Waals surface area contributed by atoms with Crippen LogP contribution in [-0.4, -0.2) is 15.5 Å². The first-order chi connectivity index (χ1) is 8.63. The highest BCUT2D eigenvalue weighted by molar-refractivity contribution is 6.35. The van der Waals surface area contributed by atoms with E-state index in [9.17, 15) is 4.79 Å². The van der Waals surface area contributed by atoms with Crippen molar-refractivity contribution in [1.29, 1.82) is 0 Å². The lowest BCUT2D eigenvalue weighted by Crippen LogP contribution is -2.12. The number of aryl methyl sites for hydroxylation is 1. The third kappa shape index (κ3) is 2.60. The minimum Gasteiger partial charge on any atom is -0.370 e. The number of nitrogens with zero attached hydrogens (tertiary/aromatic N) is 2. The highest BCUT2D eigenvalue weighted by Crippen LogP contribution is 2.25.